The number of thiophene rings is 1. The third kappa shape index (κ3) is 2.85. The maximum Gasteiger partial charge on any atom is 0.190 e. The average Bonchev–Trinajstić information content (AvgIpc) is 2.89. The maximum absolute atomic E-state index is 5.91. The Balaban J connectivity index is 1.68. The number of fused-ring (bicyclic) bond motifs is 1. The predicted molar refractivity (Wildman–Crippen MR) is 80.5 cm³/mol. The third-order valence-electron chi connectivity index (χ3n) is 2.65. The van der Waals surface area contributed by atoms with E-state index in [1.54, 1.807) is 23.1 Å². The van der Waals surface area contributed by atoms with E-state index < -0.39 is 0 Å². The molecule has 0 aromatic carbocycles. The molecule has 0 amide bonds. The van der Waals surface area contributed by atoms with Crippen LogP contribution in [0.5, 0.6) is 0 Å². The first-order valence-corrected chi connectivity index (χ1v) is 7.73. The van der Waals surface area contributed by atoms with Crippen molar-refractivity contribution >= 4 is 39.1 Å². The molecule has 19 heavy (non-hydrogen) atoms. The van der Waals surface area contributed by atoms with E-state index in [1.165, 1.54) is 0 Å². The fourth-order valence-electron chi connectivity index (χ4n) is 1.72. The number of aromatic nitrogens is 3. The Labute approximate surface area is 119 Å². The van der Waals surface area contributed by atoms with Crippen molar-refractivity contribution in [2.45, 2.75) is 11.6 Å². The van der Waals surface area contributed by atoms with Gasteiger partial charge in [0.05, 0.1) is 5.39 Å². The Bertz CT molecular complexity index is 681. The molecular weight excluding hydrogens is 276 g/mol. The van der Waals surface area contributed by atoms with E-state index >= 15 is 0 Å². The largest absolute Gasteiger partial charge is 0.383 e. The van der Waals surface area contributed by atoms with Gasteiger partial charge in [-0.3, -0.25) is 4.98 Å². The molecule has 3 aromatic heterocycles. The van der Waals surface area contributed by atoms with Gasteiger partial charge in [-0.1, -0.05) is 17.8 Å². The zero-order chi connectivity index (χ0) is 13.1. The Hall–Kier alpha value is -1.66. The van der Waals surface area contributed by atoms with E-state index in [0.29, 0.717) is 5.82 Å². The molecule has 0 aliphatic rings. The second-order valence-electron chi connectivity index (χ2n) is 3.95. The van der Waals surface area contributed by atoms with Crippen LogP contribution in [0.3, 0.4) is 0 Å². The van der Waals surface area contributed by atoms with Gasteiger partial charge in [-0.05, 0) is 30.0 Å². The number of anilines is 1. The van der Waals surface area contributed by atoms with Gasteiger partial charge >= 0.3 is 0 Å². The lowest BCUT2D eigenvalue weighted by Crippen LogP contribution is -1.97. The summed E-state index contributed by atoms with van der Waals surface area (Å²) < 4.78 is 0. The average molecular weight is 288 g/mol. The van der Waals surface area contributed by atoms with Crippen LogP contribution in [0.4, 0.5) is 5.82 Å². The molecule has 3 rings (SSSR count). The zero-order valence-electron chi connectivity index (χ0n) is 10.1. The van der Waals surface area contributed by atoms with Gasteiger partial charge in [0.25, 0.3) is 0 Å². The first kappa shape index (κ1) is 12.4. The Morgan fingerprint density at radius 2 is 2.16 bits per heavy atom. The van der Waals surface area contributed by atoms with Crippen molar-refractivity contribution in [1.29, 1.82) is 0 Å². The summed E-state index contributed by atoms with van der Waals surface area (Å²) in [5.41, 5.74) is 7.00. The molecule has 3 aromatic rings. The van der Waals surface area contributed by atoms with Gasteiger partial charge in [-0.2, -0.15) is 0 Å². The molecule has 6 heteroatoms. The van der Waals surface area contributed by atoms with E-state index in [1.807, 2.05) is 35.8 Å². The first-order valence-electron chi connectivity index (χ1n) is 5.86. The quantitative estimate of drug-likeness (QED) is 0.590. The van der Waals surface area contributed by atoms with Gasteiger partial charge in [0, 0.05) is 17.6 Å². The molecule has 0 aliphatic heterocycles. The van der Waals surface area contributed by atoms with Crippen LogP contribution in [0.1, 0.15) is 5.69 Å². The van der Waals surface area contributed by atoms with Crippen LogP contribution >= 0.6 is 23.1 Å². The van der Waals surface area contributed by atoms with Crippen molar-refractivity contribution in [2.75, 3.05) is 11.5 Å². The molecule has 0 bridgehead atoms. The molecule has 4 nitrogen and oxygen atoms in total. The number of nitrogens with two attached hydrogens (primary N) is 1. The normalized spacial score (nSPS) is 10.9. The monoisotopic (exact) mass is 288 g/mol. The number of hydrogen-bond acceptors (Lipinski definition) is 6. The van der Waals surface area contributed by atoms with Gasteiger partial charge in [0.15, 0.2) is 5.16 Å². The highest BCUT2D eigenvalue weighted by Crippen LogP contribution is 2.26. The van der Waals surface area contributed by atoms with Crippen molar-refractivity contribution in [3.05, 3.63) is 41.5 Å². The minimum absolute atomic E-state index is 0.562. The second-order valence-corrected chi connectivity index (χ2v) is 5.91. The summed E-state index contributed by atoms with van der Waals surface area (Å²) in [6, 6.07) is 7.90. The smallest absolute Gasteiger partial charge is 0.190 e. The van der Waals surface area contributed by atoms with Gasteiger partial charge in [0.1, 0.15) is 10.6 Å². The first-order chi connectivity index (χ1) is 9.33. The molecule has 0 unspecified atom stereocenters. The van der Waals surface area contributed by atoms with Crippen LogP contribution in [-0.4, -0.2) is 20.7 Å². The summed E-state index contributed by atoms with van der Waals surface area (Å²) in [5, 5.41) is 3.67. The fourth-order valence-corrected chi connectivity index (χ4v) is 3.36. The van der Waals surface area contributed by atoms with Gasteiger partial charge in [-0.25, -0.2) is 9.97 Å². The minimum atomic E-state index is 0.562. The molecule has 0 fully saturated rings. The SMILES string of the molecule is Nc1nc(SCCc2ccccn2)nc2sccc12. The van der Waals surface area contributed by atoms with Crippen molar-refractivity contribution in [3.63, 3.8) is 0 Å². The van der Waals surface area contributed by atoms with Crippen LogP contribution in [-0.2, 0) is 6.42 Å². The molecule has 0 spiro atoms. The van der Waals surface area contributed by atoms with E-state index in [2.05, 4.69) is 15.0 Å². The third-order valence-corrected chi connectivity index (χ3v) is 4.31. The number of hydrogen-bond donors (Lipinski definition) is 1. The van der Waals surface area contributed by atoms with Crippen LogP contribution in [0.15, 0.2) is 41.0 Å². The van der Waals surface area contributed by atoms with Crippen LogP contribution in [0.25, 0.3) is 10.2 Å². The van der Waals surface area contributed by atoms with Crippen molar-refractivity contribution in [3.8, 4) is 0 Å². The molecular formula is C13H12N4S2. The molecule has 2 N–H and O–H groups in total. The number of nitrogen functional groups attached to an aromatic ring is 1. The second kappa shape index (κ2) is 5.54. The summed E-state index contributed by atoms with van der Waals surface area (Å²) in [5.74, 6) is 1.46. The highest BCUT2D eigenvalue weighted by Gasteiger charge is 2.06. The molecule has 0 atom stereocenters. The molecule has 0 radical (unpaired) electrons. The summed E-state index contributed by atoms with van der Waals surface area (Å²) in [7, 11) is 0. The molecule has 0 saturated carbocycles. The predicted octanol–water partition coefficient (Wildman–Crippen LogP) is 3.00. The van der Waals surface area contributed by atoms with E-state index in [4.69, 9.17) is 5.73 Å². The summed E-state index contributed by atoms with van der Waals surface area (Å²) in [6.45, 7) is 0. The topological polar surface area (TPSA) is 64.7 Å². The number of rotatable bonds is 4. The molecule has 96 valence electrons. The standard InChI is InChI=1S/C13H12N4S2/c14-11-10-5-8-18-12(10)17-13(16-11)19-7-4-9-3-1-2-6-15-9/h1-3,5-6,8H,4,7H2,(H2,14,16,17). The van der Waals surface area contributed by atoms with E-state index in [-0.39, 0.29) is 0 Å². The van der Waals surface area contributed by atoms with Gasteiger partial charge < -0.3 is 5.73 Å². The highest BCUT2D eigenvalue weighted by atomic mass is 32.2. The van der Waals surface area contributed by atoms with Crippen molar-refractivity contribution < 1.29 is 0 Å². The summed E-state index contributed by atoms with van der Waals surface area (Å²) in [6.07, 6.45) is 2.71. The van der Waals surface area contributed by atoms with Gasteiger partial charge in [-0.15, -0.1) is 11.3 Å². The number of thioether (sulfide) groups is 1. The Morgan fingerprint density at radius 3 is 3.00 bits per heavy atom. The van der Waals surface area contributed by atoms with E-state index in [0.717, 1.165) is 33.2 Å². The van der Waals surface area contributed by atoms with Crippen molar-refractivity contribution in [2.24, 2.45) is 0 Å². The Kier molecular flexibility index (Phi) is 3.61. The lowest BCUT2D eigenvalue weighted by atomic mass is 10.3. The van der Waals surface area contributed by atoms with Crippen LogP contribution in [0.2, 0.25) is 0 Å². The minimum Gasteiger partial charge on any atom is -0.383 e. The fraction of sp³-hybridized carbons (Fsp3) is 0.154. The van der Waals surface area contributed by atoms with Crippen molar-refractivity contribution in [1.82, 2.24) is 15.0 Å². The molecule has 3 heterocycles. The lowest BCUT2D eigenvalue weighted by molar-refractivity contribution is 1.00. The molecule has 0 saturated heterocycles. The number of nitrogens with zero attached hydrogens (tertiary/aromatic N) is 3. The van der Waals surface area contributed by atoms with Crippen LogP contribution in [0, 0.1) is 0 Å². The number of aryl methyl sites for hydroxylation is 1. The number of pyridine rings is 1. The van der Waals surface area contributed by atoms with Gasteiger partial charge in [0.2, 0.25) is 0 Å². The Morgan fingerprint density at radius 1 is 1.21 bits per heavy atom. The molecule has 0 aliphatic carbocycles. The van der Waals surface area contributed by atoms with E-state index in [9.17, 15) is 0 Å². The summed E-state index contributed by atoms with van der Waals surface area (Å²) >= 11 is 3.20. The maximum atomic E-state index is 5.91. The summed E-state index contributed by atoms with van der Waals surface area (Å²) in [4.78, 5) is 14.1. The lowest BCUT2D eigenvalue weighted by Gasteiger charge is -2.02. The highest BCUT2D eigenvalue weighted by molar-refractivity contribution is 7.99. The van der Waals surface area contributed by atoms with Crippen LogP contribution < -0.4 is 5.73 Å². The zero-order valence-corrected chi connectivity index (χ0v) is 11.7.